The zero-order valence-electron chi connectivity index (χ0n) is 18.6. The largest absolute Gasteiger partial charge is 0.480 e. The number of hydrogen-bond donors (Lipinski definition) is 1. The fourth-order valence-corrected chi connectivity index (χ4v) is 8.74. The van der Waals surface area contributed by atoms with E-state index in [1.54, 1.807) is 18.2 Å². The maximum atomic E-state index is 12.7. The van der Waals surface area contributed by atoms with Crippen LogP contribution < -0.4 is 4.90 Å². The highest BCUT2D eigenvalue weighted by atomic mass is 35.5. The van der Waals surface area contributed by atoms with Crippen molar-refractivity contribution in [3.63, 3.8) is 0 Å². The Bertz CT molecular complexity index is 1230. The second-order valence-electron chi connectivity index (χ2n) is 9.93. The number of rotatable bonds is 4. The van der Waals surface area contributed by atoms with Crippen LogP contribution >= 0.6 is 23.4 Å². The highest BCUT2D eigenvalue weighted by Crippen LogP contribution is 2.60. The smallest absolute Gasteiger partial charge is 0.326 e. The van der Waals surface area contributed by atoms with Crippen LogP contribution in [-0.4, -0.2) is 39.2 Å². The van der Waals surface area contributed by atoms with Gasteiger partial charge in [0.05, 0.1) is 15.2 Å². The van der Waals surface area contributed by atoms with E-state index in [9.17, 15) is 20.0 Å². The Balaban J connectivity index is 1.45. The summed E-state index contributed by atoms with van der Waals surface area (Å²) >= 11 is 8.56. The molecule has 7 atom stereocenters. The molecule has 0 bridgehead atoms. The van der Waals surface area contributed by atoms with Gasteiger partial charge in [0.1, 0.15) is 6.04 Å². The third-order valence-electron chi connectivity index (χ3n) is 8.04. The van der Waals surface area contributed by atoms with Gasteiger partial charge in [0.15, 0.2) is 0 Å². The van der Waals surface area contributed by atoms with Crippen molar-refractivity contribution in [1.29, 1.82) is 0 Å². The molecule has 2 aromatic carbocycles. The minimum Gasteiger partial charge on any atom is -0.480 e. The average Bonchev–Trinajstić information content (AvgIpc) is 3.38. The molecule has 0 amide bonds. The number of nitro groups is 1. The number of carboxylic acids is 1. The monoisotopic (exact) mass is 496 g/mol. The van der Waals surface area contributed by atoms with Crippen molar-refractivity contribution in [2.75, 3.05) is 11.4 Å². The molecule has 1 fully saturated rings. The topological polar surface area (TPSA) is 83.7 Å². The number of aryl methyl sites for hydroxylation is 1. The Morgan fingerprint density at radius 3 is 2.79 bits per heavy atom. The molecule has 1 saturated carbocycles. The van der Waals surface area contributed by atoms with Gasteiger partial charge in [0.2, 0.25) is 0 Å². The fraction of sp³-hybridized carbons (Fsp3) is 0.423. The Morgan fingerprint density at radius 1 is 1.26 bits per heavy atom. The summed E-state index contributed by atoms with van der Waals surface area (Å²) < 4.78 is 0. The second-order valence-corrected chi connectivity index (χ2v) is 11.7. The number of carboxylic acid groups (broad SMARTS) is 1. The number of aliphatic carboxylic acids is 1. The predicted octanol–water partition coefficient (Wildman–Crippen LogP) is 5.72. The number of benzene rings is 2. The first-order chi connectivity index (χ1) is 16.3. The Labute approximate surface area is 207 Å². The Hall–Kier alpha value is -2.51. The van der Waals surface area contributed by atoms with E-state index in [4.69, 9.17) is 11.6 Å². The van der Waals surface area contributed by atoms with Gasteiger partial charge in [-0.25, -0.2) is 4.79 Å². The highest BCUT2D eigenvalue weighted by Gasteiger charge is 2.56. The van der Waals surface area contributed by atoms with Crippen molar-refractivity contribution in [1.82, 2.24) is 0 Å². The maximum absolute atomic E-state index is 12.7. The van der Waals surface area contributed by atoms with Gasteiger partial charge in [0.25, 0.3) is 5.69 Å². The number of carbonyl (C=O) groups is 1. The highest BCUT2D eigenvalue weighted by molar-refractivity contribution is 8.00. The zero-order valence-corrected chi connectivity index (χ0v) is 20.2. The normalized spacial score (nSPS) is 32.8. The molecule has 0 unspecified atom stereocenters. The number of thioether (sulfide) groups is 1. The van der Waals surface area contributed by atoms with E-state index >= 15 is 0 Å². The number of alkyl halides is 1. The SMILES string of the molecule is Cc1cc2c3c(c1)[C@H]1C=CC[C@@H]1CN3[C@@H](C(=O)O)[C@H]1C[C@@H](Sc3ccccc3[N+](=O)[O-])[C@@H](Cl)[C@@H]21. The molecule has 2 aliphatic carbocycles. The predicted molar refractivity (Wildman–Crippen MR) is 133 cm³/mol. The van der Waals surface area contributed by atoms with Crippen LogP contribution in [0.3, 0.4) is 0 Å². The lowest BCUT2D eigenvalue weighted by Gasteiger charge is -2.50. The van der Waals surface area contributed by atoms with E-state index < -0.39 is 12.0 Å². The molecule has 6 nitrogen and oxygen atoms in total. The molecule has 2 heterocycles. The van der Waals surface area contributed by atoms with Crippen LogP contribution in [0, 0.1) is 28.9 Å². The van der Waals surface area contributed by atoms with Gasteiger partial charge in [-0.2, -0.15) is 0 Å². The van der Waals surface area contributed by atoms with Crippen LogP contribution in [0.1, 0.15) is 41.4 Å². The lowest BCUT2D eigenvalue weighted by Crippen LogP contribution is -2.55. The molecule has 6 rings (SSSR count). The van der Waals surface area contributed by atoms with Crippen LogP contribution in [0.15, 0.2) is 53.4 Å². The number of anilines is 1. The van der Waals surface area contributed by atoms with E-state index in [2.05, 4.69) is 36.1 Å². The van der Waals surface area contributed by atoms with Crippen molar-refractivity contribution in [2.45, 2.75) is 53.2 Å². The third-order valence-corrected chi connectivity index (χ3v) is 10.2. The lowest BCUT2D eigenvalue weighted by atomic mass is 9.71. The Morgan fingerprint density at radius 2 is 2.03 bits per heavy atom. The van der Waals surface area contributed by atoms with Gasteiger partial charge >= 0.3 is 5.97 Å². The number of halogens is 1. The van der Waals surface area contributed by atoms with E-state index in [0.717, 1.165) is 24.2 Å². The number of para-hydroxylation sites is 1. The van der Waals surface area contributed by atoms with Crippen molar-refractivity contribution >= 4 is 40.7 Å². The summed E-state index contributed by atoms with van der Waals surface area (Å²) in [6.45, 7) is 2.83. The van der Waals surface area contributed by atoms with Crippen LogP contribution in [0.4, 0.5) is 11.4 Å². The fourth-order valence-electron chi connectivity index (χ4n) is 6.79. The number of allylic oxidation sites excluding steroid dienone is 2. The number of nitro benzene ring substituents is 1. The van der Waals surface area contributed by atoms with E-state index in [0.29, 0.717) is 23.2 Å². The molecule has 0 saturated heterocycles. The number of hydrogen-bond acceptors (Lipinski definition) is 5. The molecular formula is C26H25ClN2O4S. The average molecular weight is 497 g/mol. The van der Waals surface area contributed by atoms with Crippen LogP contribution in [0.2, 0.25) is 0 Å². The van der Waals surface area contributed by atoms with Gasteiger partial charge in [-0.1, -0.05) is 42.0 Å². The van der Waals surface area contributed by atoms with E-state index in [-0.39, 0.29) is 33.1 Å². The van der Waals surface area contributed by atoms with Gasteiger partial charge in [-0.05, 0) is 48.8 Å². The molecule has 1 N–H and O–H groups in total. The summed E-state index contributed by atoms with van der Waals surface area (Å²) in [5.74, 6) is -0.339. The number of nitrogens with zero attached hydrogens (tertiary/aromatic N) is 2. The minimum absolute atomic E-state index is 0.0682. The zero-order chi connectivity index (χ0) is 23.7. The van der Waals surface area contributed by atoms with E-state index in [1.165, 1.54) is 29.0 Å². The minimum atomic E-state index is -0.809. The summed E-state index contributed by atoms with van der Waals surface area (Å²) in [6.07, 6.45) is 6.08. The summed E-state index contributed by atoms with van der Waals surface area (Å²) in [7, 11) is 0. The quantitative estimate of drug-likeness (QED) is 0.252. The van der Waals surface area contributed by atoms with E-state index in [1.807, 2.05) is 0 Å². The molecule has 4 aliphatic rings. The maximum Gasteiger partial charge on any atom is 0.326 e. The third kappa shape index (κ3) is 3.20. The Kier molecular flexibility index (Phi) is 5.19. The molecule has 34 heavy (non-hydrogen) atoms. The molecule has 8 heteroatoms. The van der Waals surface area contributed by atoms with Crippen molar-refractivity contribution in [2.24, 2.45) is 11.8 Å². The van der Waals surface area contributed by atoms with Gasteiger partial charge in [0, 0.05) is 35.4 Å². The van der Waals surface area contributed by atoms with Crippen LogP contribution in [-0.2, 0) is 4.79 Å². The molecule has 0 spiro atoms. The van der Waals surface area contributed by atoms with Gasteiger partial charge in [-0.15, -0.1) is 23.4 Å². The summed E-state index contributed by atoms with van der Waals surface area (Å²) in [5, 5.41) is 21.5. The molecule has 176 valence electrons. The van der Waals surface area contributed by atoms with Crippen molar-refractivity contribution in [3.8, 4) is 0 Å². The van der Waals surface area contributed by atoms with Gasteiger partial charge in [-0.3, -0.25) is 10.1 Å². The lowest BCUT2D eigenvalue weighted by molar-refractivity contribution is -0.387. The first-order valence-corrected chi connectivity index (χ1v) is 13.0. The summed E-state index contributed by atoms with van der Waals surface area (Å²) in [4.78, 5) is 26.6. The van der Waals surface area contributed by atoms with Gasteiger partial charge < -0.3 is 10.0 Å². The summed E-state index contributed by atoms with van der Waals surface area (Å²) in [5.41, 5.74) is 4.68. The molecule has 0 radical (unpaired) electrons. The molecule has 0 aromatic heterocycles. The first-order valence-electron chi connectivity index (χ1n) is 11.7. The second kappa shape index (κ2) is 8.02. The van der Waals surface area contributed by atoms with Crippen molar-refractivity contribution < 1.29 is 14.8 Å². The van der Waals surface area contributed by atoms with Crippen LogP contribution in [0.25, 0.3) is 0 Å². The first kappa shape index (κ1) is 22.0. The van der Waals surface area contributed by atoms with Crippen LogP contribution in [0.5, 0.6) is 0 Å². The number of fused-ring (bicyclic) bond motifs is 4. The molecule has 2 aliphatic heterocycles. The molecular weight excluding hydrogens is 472 g/mol. The molecule has 2 aromatic rings. The summed E-state index contributed by atoms with van der Waals surface area (Å²) in [6, 6.07) is 10.5. The van der Waals surface area contributed by atoms with Crippen molar-refractivity contribution in [3.05, 3.63) is 75.4 Å². The standard InChI is InChI=1S/C26H25ClN2O4S/c1-13-9-16-15-6-4-5-14(15)12-28-24(16)17(10-13)22-18(25(28)26(30)31)11-21(23(22)27)34-20-8-3-2-7-19(20)29(32)33/h2-4,6-10,14-15,18,21-23,25H,5,11-12H2,1H3,(H,30,31)/t14-,15+,18+,21-,22+,23-,25-/m1/s1.